The molecule has 2 heteroatoms. The molecule has 0 unspecified atom stereocenters. The number of benzene rings is 1. The van der Waals surface area contributed by atoms with Crippen molar-refractivity contribution in [2.45, 2.75) is 25.7 Å². The van der Waals surface area contributed by atoms with Gasteiger partial charge in [-0.1, -0.05) is 12.1 Å². The van der Waals surface area contributed by atoms with E-state index < -0.39 is 0 Å². The Morgan fingerprint density at radius 3 is 2.50 bits per heavy atom. The lowest BCUT2D eigenvalue weighted by Crippen LogP contribution is -2.03. The SMILES string of the molecule is O=C(Cc1ccc(F)cc1)CC1CC1. The van der Waals surface area contributed by atoms with Crippen LogP contribution < -0.4 is 0 Å². The minimum atomic E-state index is -0.247. The van der Waals surface area contributed by atoms with E-state index in [0.29, 0.717) is 18.8 Å². The van der Waals surface area contributed by atoms with Crippen molar-refractivity contribution in [3.05, 3.63) is 35.6 Å². The summed E-state index contributed by atoms with van der Waals surface area (Å²) in [5.74, 6) is 0.672. The summed E-state index contributed by atoms with van der Waals surface area (Å²) in [4.78, 5) is 11.5. The van der Waals surface area contributed by atoms with E-state index in [1.54, 1.807) is 12.1 Å². The van der Waals surface area contributed by atoms with E-state index >= 15 is 0 Å². The van der Waals surface area contributed by atoms with E-state index in [2.05, 4.69) is 0 Å². The minimum Gasteiger partial charge on any atom is -0.299 e. The van der Waals surface area contributed by atoms with Crippen molar-refractivity contribution < 1.29 is 9.18 Å². The average molecular weight is 192 g/mol. The number of hydrogen-bond acceptors (Lipinski definition) is 1. The van der Waals surface area contributed by atoms with Crippen LogP contribution in [-0.4, -0.2) is 5.78 Å². The van der Waals surface area contributed by atoms with Crippen molar-refractivity contribution in [1.29, 1.82) is 0 Å². The molecule has 74 valence electrons. The van der Waals surface area contributed by atoms with Crippen LogP contribution >= 0.6 is 0 Å². The second-order valence-corrected chi connectivity index (χ2v) is 3.99. The molecule has 0 aromatic heterocycles. The third-order valence-corrected chi connectivity index (χ3v) is 2.53. The molecule has 1 aromatic carbocycles. The number of halogens is 1. The molecule has 0 spiro atoms. The summed E-state index contributed by atoms with van der Waals surface area (Å²) in [6, 6.07) is 6.17. The van der Waals surface area contributed by atoms with Gasteiger partial charge in [-0.25, -0.2) is 4.39 Å². The van der Waals surface area contributed by atoms with Crippen LogP contribution in [0, 0.1) is 11.7 Å². The van der Waals surface area contributed by atoms with Crippen molar-refractivity contribution >= 4 is 5.78 Å². The van der Waals surface area contributed by atoms with Gasteiger partial charge in [-0.15, -0.1) is 0 Å². The Labute approximate surface area is 82.9 Å². The minimum absolute atomic E-state index is 0.247. The molecule has 0 bridgehead atoms. The number of carbonyl (C=O) groups is 1. The molecule has 2 rings (SSSR count). The Morgan fingerprint density at radius 2 is 1.93 bits per heavy atom. The second-order valence-electron chi connectivity index (χ2n) is 3.99. The summed E-state index contributed by atoms with van der Waals surface area (Å²) in [7, 11) is 0. The van der Waals surface area contributed by atoms with Gasteiger partial charge < -0.3 is 0 Å². The van der Waals surface area contributed by atoms with E-state index in [0.717, 1.165) is 5.56 Å². The maximum atomic E-state index is 12.6. The molecule has 1 aliphatic carbocycles. The van der Waals surface area contributed by atoms with Crippen LogP contribution in [0.2, 0.25) is 0 Å². The fraction of sp³-hybridized carbons (Fsp3) is 0.417. The Balaban J connectivity index is 1.89. The van der Waals surface area contributed by atoms with Gasteiger partial charge in [0.1, 0.15) is 11.6 Å². The average Bonchev–Trinajstić information content (AvgIpc) is 2.93. The first-order chi connectivity index (χ1) is 6.74. The third-order valence-electron chi connectivity index (χ3n) is 2.53. The number of rotatable bonds is 4. The zero-order valence-electron chi connectivity index (χ0n) is 8.00. The molecule has 0 N–H and O–H groups in total. The van der Waals surface area contributed by atoms with Crippen LogP contribution in [0.3, 0.4) is 0 Å². The van der Waals surface area contributed by atoms with Crippen molar-refractivity contribution in [2.24, 2.45) is 5.92 Å². The predicted octanol–water partition coefficient (Wildman–Crippen LogP) is 2.74. The number of hydrogen-bond donors (Lipinski definition) is 0. The highest BCUT2D eigenvalue weighted by molar-refractivity contribution is 5.81. The zero-order valence-corrected chi connectivity index (χ0v) is 8.00. The van der Waals surface area contributed by atoms with Crippen molar-refractivity contribution in [3.63, 3.8) is 0 Å². The molecule has 0 atom stereocenters. The van der Waals surface area contributed by atoms with Gasteiger partial charge in [-0.05, 0) is 36.5 Å². The standard InChI is InChI=1S/C12H13FO/c13-11-5-3-10(4-6-11)8-12(14)7-9-1-2-9/h3-6,9H,1-2,7-8H2. The first-order valence-electron chi connectivity index (χ1n) is 5.00. The molecule has 0 heterocycles. The van der Waals surface area contributed by atoms with Crippen LogP contribution in [0.15, 0.2) is 24.3 Å². The van der Waals surface area contributed by atoms with Gasteiger partial charge in [0.15, 0.2) is 0 Å². The van der Waals surface area contributed by atoms with Crippen LogP contribution in [0.25, 0.3) is 0 Å². The van der Waals surface area contributed by atoms with Gasteiger partial charge in [-0.2, -0.15) is 0 Å². The summed E-state index contributed by atoms with van der Waals surface area (Å²) in [5.41, 5.74) is 0.914. The smallest absolute Gasteiger partial charge is 0.137 e. The van der Waals surface area contributed by atoms with E-state index in [9.17, 15) is 9.18 Å². The lowest BCUT2D eigenvalue weighted by atomic mass is 10.1. The Kier molecular flexibility index (Phi) is 2.62. The number of Topliss-reactive ketones (excluding diaryl/α,β-unsaturated/α-hetero) is 1. The Bertz CT molecular complexity index is 325. The van der Waals surface area contributed by atoms with Crippen molar-refractivity contribution in [1.82, 2.24) is 0 Å². The van der Waals surface area contributed by atoms with E-state index in [4.69, 9.17) is 0 Å². The zero-order chi connectivity index (χ0) is 9.97. The van der Waals surface area contributed by atoms with Crippen molar-refractivity contribution in [3.8, 4) is 0 Å². The summed E-state index contributed by atoms with van der Waals surface area (Å²) < 4.78 is 12.6. The molecular weight excluding hydrogens is 179 g/mol. The molecule has 0 radical (unpaired) electrons. The molecule has 1 nitrogen and oxygen atoms in total. The molecular formula is C12H13FO. The normalized spacial score (nSPS) is 15.5. The van der Waals surface area contributed by atoms with Crippen LogP contribution in [0.5, 0.6) is 0 Å². The highest BCUT2D eigenvalue weighted by atomic mass is 19.1. The molecule has 0 amide bonds. The highest BCUT2D eigenvalue weighted by Crippen LogP contribution is 2.32. The molecule has 1 aromatic rings. The van der Waals surface area contributed by atoms with E-state index in [1.807, 2.05) is 0 Å². The van der Waals surface area contributed by atoms with Gasteiger partial charge in [0.2, 0.25) is 0 Å². The first-order valence-corrected chi connectivity index (χ1v) is 5.00. The Hall–Kier alpha value is -1.18. The molecule has 1 fully saturated rings. The molecule has 0 aliphatic heterocycles. The maximum Gasteiger partial charge on any atom is 0.137 e. The highest BCUT2D eigenvalue weighted by Gasteiger charge is 2.24. The fourth-order valence-corrected chi connectivity index (χ4v) is 1.55. The van der Waals surface area contributed by atoms with Gasteiger partial charge in [0.25, 0.3) is 0 Å². The van der Waals surface area contributed by atoms with Gasteiger partial charge in [-0.3, -0.25) is 4.79 Å². The first kappa shape index (κ1) is 9.38. The summed E-state index contributed by atoms with van der Waals surface area (Å²) in [6.07, 6.45) is 3.57. The quantitative estimate of drug-likeness (QED) is 0.716. The Morgan fingerprint density at radius 1 is 1.29 bits per heavy atom. The summed E-state index contributed by atoms with van der Waals surface area (Å²) in [6.45, 7) is 0. The molecule has 1 saturated carbocycles. The van der Waals surface area contributed by atoms with E-state index in [-0.39, 0.29) is 11.6 Å². The molecule has 14 heavy (non-hydrogen) atoms. The van der Waals surface area contributed by atoms with Crippen LogP contribution in [0.4, 0.5) is 4.39 Å². The van der Waals surface area contributed by atoms with Crippen LogP contribution in [-0.2, 0) is 11.2 Å². The van der Waals surface area contributed by atoms with Crippen LogP contribution in [0.1, 0.15) is 24.8 Å². The van der Waals surface area contributed by atoms with Crippen molar-refractivity contribution in [2.75, 3.05) is 0 Å². The number of carbonyl (C=O) groups excluding carboxylic acids is 1. The summed E-state index contributed by atoms with van der Waals surface area (Å²) in [5, 5.41) is 0. The lowest BCUT2D eigenvalue weighted by Gasteiger charge is -1.99. The maximum absolute atomic E-state index is 12.6. The second kappa shape index (κ2) is 3.91. The third kappa shape index (κ3) is 2.66. The van der Waals surface area contributed by atoms with Gasteiger partial charge in [0.05, 0.1) is 0 Å². The van der Waals surface area contributed by atoms with E-state index in [1.165, 1.54) is 25.0 Å². The monoisotopic (exact) mass is 192 g/mol. The molecule has 0 saturated heterocycles. The topological polar surface area (TPSA) is 17.1 Å². The van der Waals surface area contributed by atoms with Gasteiger partial charge in [0, 0.05) is 12.8 Å². The molecule has 1 aliphatic rings. The number of ketones is 1. The lowest BCUT2D eigenvalue weighted by molar-refractivity contribution is -0.118. The largest absolute Gasteiger partial charge is 0.299 e. The fourth-order valence-electron chi connectivity index (χ4n) is 1.55. The summed E-state index contributed by atoms with van der Waals surface area (Å²) >= 11 is 0. The van der Waals surface area contributed by atoms with Gasteiger partial charge >= 0.3 is 0 Å². The predicted molar refractivity (Wildman–Crippen MR) is 52.5 cm³/mol.